The van der Waals surface area contributed by atoms with Crippen molar-refractivity contribution in [2.24, 2.45) is 5.41 Å². The quantitative estimate of drug-likeness (QED) is 0.799. The molecule has 1 amide bonds. The maximum Gasteiger partial charge on any atom is 0.263 e. The maximum atomic E-state index is 12.7. The van der Waals surface area contributed by atoms with E-state index in [1.165, 1.54) is 4.88 Å². The van der Waals surface area contributed by atoms with Crippen molar-refractivity contribution in [3.8, 4) is 0 Å². The van der Waals surface area contributed by atoms with Crippen LogP contribution in [0.2, 0.25) is 0 Å². The predicted molar refractivity (Wildman–Crippen MR) is 105 cm³/mol. The van der Waals surface area contributed by atoms with Crippen LogP contribution >= 0.6 is 11.3 Å². The van der Waals surface area contributed by atoms with Crippen LogP contribution in [-0.2, 0) is 0 Å². The molecule has 2 aliphatic rings. The first kappa shape index (κ1) is 18.6. The van der Waals surface area contributed by atoms with Crippen molar-refractivity contribution in [1.82, 2.24) is 19.9 Å². The average molecular weight is 389 g/mol. The molecule has 7 heteroatoms. The van der Waals surface area contributed by atoms with Crippen molar-refractivity contribution in [2.75, 3.05) is 26.7 Å². The third kappa shape index (κ3) is 3.55. The molecule has 0 aromatic carbocycles. The summed E-state index contributed by atoms with van der Waals surface area (Å²) in [6, 6.07) is 4.19. The summed E-state index contributed by atoms with van der Waals surface area (Å²) in [4.78, 5) is 23.8. The fourth-order valence-electron chi connectivity index (χ4n) is 4.43. The van der Waals surface area contributed by atoms with E-state index in [2.05, 4.69) is 35.9 Å². The molecule has 2 aromatic heterocycles. The molecule has 2 aliphatic heterocycles. The second-order valence-corrected chi connectivity index (χ2v) is 9.77. The van der Waals surface area contributed by atoms with E-state index >= 15 is 0 Å². The lowest BCUT2D eigenvalue weighted by atomic mass is 9.76. The largest absolute Gasteiger partial charge is 0.339 e. The second kappa shape index (κ2) is 7.02. The lowest BCUT2D eigenvalue weighted by Crippen LogP contribution is -2.43. The Labute approximate surface area is 164 Å². The fourth-order valence-corrected chi connectivity index (χ4v) is 5.26. The second-order valence-electron chi connectivity index (χ2n) is 8.48. The van der Waals surface area contributed by atoms with Gasteiger partial charge in [-0.1, -0.05) is 19.0 Å². The minimum atomic E-state index is 0.186. The number of amides is 1. The number of rotatable bonds is 3. The van der Waals surface area contributed by atoms with Crippen LogP contribution in [0.1, 0.15) is 71.3 Å². The third-order valence-corrected chi connectivity index (χ3v) is 7.04. The summed E-state index contributed by atoms with van der Waals surface area (Å²) in [5, 5.41) is 4.24. The van der Waals surface area contributed by atoms with Gasteiger partial charge in [-0.05, 0) is 50.8 Å². The number of thiophene rings is 1. The fraction of sp³-hybridized carbons (Fsp3) is 0.650. The minimum absolute atomic E-state index is 0.186. The van der Waals surface area contributed by atoms with Gasteiger partial charge in [0.05, 0.1) is 10.9 Å². The molecule has 0 aliphatic carbocycles. The highest BCUT2D eigenvalue weighted by molar-refractivity contribution is 7.13. The van der Waals surface area contributed by atoms with Gasteiger partial charge >= 0.3 is 0 Å². The molecule has 27 heavy (non-hydrogen) atoms. The lowest BCUT2D eigenvalue weighted by molar-refractivity contribution is 0.0598. The number of aromatic nitrogens is 2. The van der Waals surface area contributed by atoms with Crippen molar-refractivity contribution < 1.29 is 9.32 Å². The highest BCUT2D eigenvalue weighted by Gasteiger charge is 2.46. The molecular weight excluding hydrogens is 360 g/mol. The predicted octanol–water partition coefficient (Wildman–Crippen LogP) is 3.86. The Hall–Kier alpha value is -1.73. The van der Waals surface area contributed by atoms with Crippen molar-refractivity contribution in [2.45, 2.75) is 52.0 Å². The number of hydrogen-bond donors (Lipinski definition) is 0. The molecule has 2 saturated heterocycles. The van der Waals surface area contributed by atoms with E-state index in [0.717, 1.165) is 49.6 Å². The standard InChI is InChI=1S/C20H28N4O2S/c1-13(2)18-21-17(22-26-18)15-11-20(12-23(15)4)7-9-24(10-8-20)19(25)16-6-5-14(3)27-16/h5-6,13,15H,7-12H2,1-4H3. The third-order valence-electron chi connectivity index (χ3n) is 6.06. The van der Waals surface area contributed by atoms with Gasteiger partial charge in [-0.2, -0.15) is 4.98 Å². The molecule has 1 atom stereocenters. The topological polar surface area (TPSA) is 62.5 Å². The average Bonchev–Trinajstić information content (AvgIpc) is 3.34. The monoisotopic (exact) mass is 388 g/mol. The Morgan fingerprint density at radius 2 is 2.07 bits per heavy atom. The molecule has 0 bridgehead atoms. The van der Waals surface area contributed by atoms with E-state index in [4.69, 9.17) is 4.52 Å². The number of piperidine rings is 1. The van der Waals surface area contributed by atoms with Gasteiger partial charge in [-0.25, -0.2) is 0 Å². The zero-order chi connectivity index (χ0) is 19.2. The molecule has 4 rings (SSSR count). The molecule has 0 radical (unpaired) electrons. The number of aryl methyl sites for hydroxylation is 1. The Kier molecular flexibility index (Phi) is 4.84. The van der Waals surface area contributed by atoms with Gasteiger partial charge in [0, 0.05) is 30.4 Å². The van der Waals surface area contributed by atoms with Crippen LogP contribution in [0.25, 0.3) is 0 Å². The summed E-state index contributed by atoms with van der Waals surface area (Å²) in [7, 11) is 2.15. The molecule has 1 spiro atoms. The summed E-state index contributed by atoms with van der Waals surface area (Å²) in [5.41, 5.74) is 0.250. The first-order valence-corrected chi connectivity index (χ1v) is 10.6. The zero-order valence-corrected chi connectivity index (χ0v) is 17.4. The van der Waals surface area contributed by atoms with E-state index < -0.39 is 0 Å². The zero-order valence-electron chi connectivity index (χ0n) is 16.6. The molecule has 0 saturated carbocycles. The van der Waals surface area contributed by atoms with Crippen LogP contribution in [0.4, 0.5) is 0 Å². The molecular formula is C20H28N4O2S. The molecule has 146 valence electrons. The highest BCUT2D eigenvalue weighted by Crippen LogP contribution is 2.48. The highest BCUT2D eigenvalue weighted by atomic mass is 32.1. The maximum absolute atomic E-state index is 12.7. The van der Waals surface area contributed by atoms with E-state index in [-0.39, 0.29) is 23.3 Å². The van der Waals surface area contributed by atoms with E-state index in [0.29, 0.717) is 5.89 Å². The van der Waals surface area contributed by atoms with Crippen molar-refractivity contribution >= 4 is 17.2 Å². The summed E-state index contributed by atoms with van der Waals surface area (Å²) in [5.74, 6) is 1.96. The smallest absolute Gasteiger partial charge is 0.263 e. The van der Waals surface area contributed by atoms with Crippen LogP contribution in [0.5, 0.6) is 0 Å². The first-order valence-electron chi connectivity index (χ1n) is 9.76. The number of hydrogen-bond acceptors (Lipinski definition) is 6. The number of likely N-dealkylation sites (tertiary alicyclic amines) is 2. The van der Waals surface area contributed by atoms with Crippen molar-refractivity contribution in [3.05, 3.63) is 33.6 Å². The van der Waals surface area contributed by atoms with Gasteiger partial charge in [0.1, 0.15) is 0 Å². The van der Waals surface area contributed by atoms with Gasteiger partial charge in [0.25, 0.3) is 5.91 Å². The number of nitrogens with zero attached hydrogens (tertiary/aromatic N) is 4. The van der Waals surface area contributed by atoms with E-state index in [1.807, 2.05) is 24.0 Å². The number of carbonyl (C=O) groups excluding carboxylic acids is 1. The molecule has 4 heterocycles. The van der Waals surface area contributed by atoms with Gasteiger partial charge in [0.2, 0.25) is 5.89 Å². The summed E-state index contributed by atoms with van der Waals surface area (Å²) >= 11 is 1.59. The van der Waals surface area contributed by atoms with Gasteiger partial charge in [-0.3, -0.25) is 9.69 Å². The molecule has 6 nitrogen and oxygen atoms in total. The van der Waals surface area contributed by atoms with Gasteiger partial charge < -0.3 is 9.42 Å². The molecule has 1 unspecified atom stereocenters. The summed E-state index contributed by atoms with van der Waals surface area (Å²) in [6.07, 6.45) is 3.12. The Balaban J connectivity index is 1.41. The first-order chi connectivity index (χ1) is 12.9. The number of carbonyl (C=O) groups is 1. The Morgan fingerprint density at radius 1 is 1.33 bits per heavy atom. The Morgan fingerprint density at radius 3 is 2.67 bits per heavy atom. The molecule has 2 fully saturated rings. The van der Waals surface area contributed by atoms with Crippen LogP contribution < -0.4 is 0 Å². The van der Waals surface area contributed by atoms with E-state index in [1.54, 1.807) is 11.3 Å². The molecule has 2 aromatic rings. The molecule has 0 N–H and O–H groups in total. The Bertz CT molecular complexity index is 820. The minimum Gasteiger partial charge on any atom is -0.339 e. The van der Waals surface area contributed by atoms with Crippen molar-refractivity contribution in [1.29, 1.82) is 0 Å². The lowest BCUT2D eigenvalue weighted by Gasteiger charge is -2.39. The van der Waals surface area contributed by atoms with Gasteiger partial charge in [-0.15, -0.1) is 11.3 Å². The SMILES string of the molecule is Cc1ccc(C(=O)N2CCC3(CC2)CC(c2noc(C(C)C)n2)N(C)C3)s1. The van der Waals surface area contributed by atoms with Gasteiger partial charge in [0.15, 0.2) is 5.82 Å². The normalized spacial score (nSPS) is 22.9. The van der Waals surface area contributed by atoms with Crippen LogP contribution in [-0.4, -0.2) is 52.5 Å². The summed E-state index contributed by atoms with van der Waals surface area (Å²) in [6.45, 7) is 8.88. The van der Waals surface area contributed by atoms with E-state index in [9.17, 15) is 4.79 Å². The van der Waals surface area contributed by atoms with Crippen LogP contribution in [0, 0.1) is 12.3 Å². The summed E-state index contributed by atoms with van der Waals surface area (Å²) < 4.78 is 5.42. The van der Waals surface area contributed by atoms with Crippen molar-refractivity contribution in [3.63, 3.8) is 0 Å². The van der Waals surface area contributed by atoms with Crippen LogP contribution in [0.3, 0.4) is 0 Å². The van der Waals surface area contributed by atoms with Crippen LogP contribution in [0.15, 0.2) is 16.7 Å².